The maximum atomic E-state index is 12.4. The largest absolute Gasteiger partial charge is 0.395 e. The summed E-state index contributed by atoms with van der Waals surface area (Å²) >= 11 is 0. The zero-order chi connectivity index (χ0) is 15.1. The van der Waals surface area contributed by atoms with Crippen LogP contribution in [0.4, 0.5) is 5.69 Å². The standard InChI is InChI=1S/C17H26N2O2/c1-14(17(21)18-15-8-4-2-5-9-15)19(12-13-20)16-10-6-3-7-11-16/h2,4-5,8-9,14,16,20H,3,6-7,10-13H2,1H3,(H,18,21). The minimum absolute atomic E-state index is 0.000207. The van der Waals surface area contributed by atoms with Gasteiger partial charge in [0, 0.05) is 18.3 Å². The van der Waals surface area contributed by atoms with Gasteiger partial charge in [-0.3, -0.25) is 9.69 Å². The van der Waals surface area contributed by atoms with Crippen molar-refractivity contribution in [2.75, 3.05) is 18.5 Å². The van der Waals surface area contributed by atoms with Gasteiger partial charge in [-0.1, -0.05) is 37.5 Å². The number of rotatable bonds is 6. The van der Waals surface area contributed by atoms with Crippen molar-refractivity contribution in [3.8, 4) is 0 Å². The highest BCUT2D eigenvalue weighted by atomic mass is 16.3. The molecule has 0 radical (unpaired) electrons. The number of anilines is 1. The van der Waals surface area contributed by atoms with Gasteiger partial charge in [-0.25, -0.2) is 0 Å². The molecule has 1 amide bonds. The Morgan fingerprint density at radius 3 is 2.57 bits per heavy atom. The summed E-state index contributed by atoms with van der Waals surface area (Å²) in [6.45, 7) is 2.59. The number of nitrogens with zero attached hydrogens (tertiary/aromatic N) is 1. The Morgan fingerprint density at radius 1 is 1.29 bits per heavy atom. The third-order valence-electron chi connectivity index (χ3n) is 4.32. The topological polar surface area (TPSA) is 52.6 Å². The Bertz CT molecular complexity index is 430. The molecule has 1 aliphatic carbocycles. The fourth-order valence-corrected chi connectivity index (χ4v) is 3.14. The van der Waals surface area contributed by atoms with E-state index in [1.54, 1.807) is 0 Å². The average Bonchev–Trinajstić information content (AvgIpc) is 2.53. The molecular formula is C17H26N2O2. The number of hydrogen-bond donors (Lipinski definition) is 2. The van der Waals surface area contributed by atoms with E-state index in [0.29, 0.717) is 12.6 Å². The zero-order valence-electron chi connectivity index (χ0n) is 12.8. The molecule has 1 fully saturated rings. The van der Waals surface area contributed by atoms with Gasteiger partial charge in [0.25, 0.3) is 0 Å². The fourth-order valence-electron chi connectivity index (χ4n) is 3.14. The van der Waals surface area contributed by atoms with Crippen molar-refractivity contribution in [1.29, 1.82) is 0 Å². The minimum atomic E-state index is -0.222. The van der Waals surface area contributed by atoms with Crippen molar-refractivity contribution in [2.24, 2.45) is 0 Å². The number of benzene rings is 1. The SMILES string of the molecule is CC(C(=O)Nc1ccccc1)N(CCO)C1CCCCC1. The second-order valence-electron chi connectivity index (χ2n) is 5.78. The second kappa shape index (κ2) is 8.15. The van der Waals surface area contributed by atoms with Crippen molar-refractivity contribution in [3.63, 3.8) is 0 Å². The second-order valence-corrected chi connectivity index (χ2v) is 5.78. The molecule has 1 atom stereocenters. The van der Waals surface area contributed by atoms with Crippen molar-refractivity contribution < 1.29 is 9.90 Å². The number of para-hydroxylation sites is 1. The van der Waals surface area contributed by atoms with Gasteiger partial charge < -0.3 is 10.4 Å². The molecule has 0 bridgehead atoms. The molecule has 1 aromatic carbocycles. The molecule has 0 heterocycles. The van der Waals surface area contributed by atoms with Crippen molar-refractivity contribution >= 4 is 11.6 Å². The van der Waals surface area contributed by atoms with Gasteiger partial charge >= 0.3 is 0 Å². The molecule has 4 heteroatoms. The van der Waals surface area contributed by atoms with Gasteiger partial charge in [0.15, 0.2) is 0 Å². The zero-order valence-corrected chi connectivity index (χ0v) is 12.8. The lowest BCUT2D eigenvalue weighted by Gasteiger charge is -2.37. The molecule has 21 heavy (non-hydrogen) atoms. The van der Waals surface area contributed by atoms with E-state index in [9.17, 15) is 9.90 Å². The van der Waals surface area contributed by atoms with E-state index >= 15 is 0 Å². The Kier molecular flexibility index (Phi) is 6.21. The fraction of sp³-hybridized carbons (Fsp3) is 0.588. The summed E-state index contributed by atoms with van der Waals surface area (Å²) < 4.78 is 0. The Labute approximate surface area is 127 Å². The molecule has 0 aromatic heterocycles. The number of hydrogen-bond acceptors (Lipinski definition) is 3. The van der Waals surface area contributed by atoms with E-state index in [0.717, 1.165) is 18.5 Å². The van der Waals surface area contributed by atoms with E-state index in [1.165, 1.54) is 19.3 Å². The summed E-state index contributed by atoms with van der Waals surface area (Å²) in [7, 11) is 0. The number of aliphatic hydroxyl groups excluding tert-OH is 1. The summed E-state index contributed by atoms with van der Waals surface area (Å²) in [5.74, 6) is 0.000207. The van der Waals surface area contributed by atoms with Crippen LogP contribution in [-0.4, -0.2) is 41.1 Å². The molecule has 4 nitrogen and oxygen atoms in total. The summed E-state index contributed by atoms with van der Waals surface area (Å²) in [6.07, 6.45) is 5.99. The minimum Gasteiger partial charge on any atom is -0.395 e. The molecular weight excluding hydrogens is 264 g/mol. The number of nitrogens with one attached hydrogen (secondary N) is 1. The van der Waals surface area contributed by atoms with Crippen LogP contribution in [-0.2, 0) is 4.79 Å². The predicted molar refractivity (Wildman–Crippen MR) is 85.2 cm³/mol. The van der Waals surface area contributed by atoms with E-state index in [2.05, 4.69) is 10.2 Å². The molecule has 116 valence electrons. The molecule has 2 rings (SSSR count). The van der Waals surface area contributed by atoms with Gasteiger partial charge in [-0.05, 0) is 31.9 Å². The third-order valence-corrected chi connectivity index (χ3v) is 4.32. The van der Waals surface area contributed by atoms with E-state index in [1.807, 2.05) is 37.3 Å². The molecule has 2 N–H and O–H groups in total. The Balaban J connectivity index is 1.99. The van der Waals surface area contributed by atoms with Crippen molar-refractivity contribution in [3.05, 3.63) is 30.3 Å². The van der Waals surface area contributed by atoms with Crippen LogP contribution in [0.5, 0.6) is 0 Å². The van der Waals surface area contributed by atoms with Gasteiger partial charge in [-0.2, -0.15) is 0 Å². The van der Waals surface area contributed by atoms with Crippen LogP contribution in [0.25, 0.3) is 0 Å². The Morgan fingerprint density at radius 2 is 1.95 bits per heavy atom. The first kappa shape index (κ1) is 16.0. The molecule has 1 aliphatic rings. The van der Waals surface area contributed by atoms with Crippen molar-refractivity contribution in [1.82, 2.24) is 4.90 Å². The quantitative estimate of drug-likeness (QED) is 0.847. The monoisotopic (exact) mass is 290 g/mol. The van der Waals surface area contributed by atoms with Crippen LogP contribution in [0.2, 0.25) is 0 Å². The first-order chi connectivity index (χ1) is 10.2. The molecule has 1 saturated carbocycles. The number of carbonyl (C=O) groups is 1. The molecule has 1 unspecified atom stereocenters. The summed E-state index contributed by atoms with van der Waals surface area (Å²) in [5, 5.41) is 12.3. The lowest BCUT2D eigenvalue weighted by Crippen LogP contribution is -2.49. The molecule has 1 aromatic rings. The normalized spacial score (nSPS) is 17.7. The first-order valence-electron chi connectivity index (χ1n) is 7.95. The lowest BCUT2D eigenvalue weighted by atomic mass is 9.93. The first-order valence-corrected chi connectivity index (χ1v) is 7.95. The van der Waals surface area contributed by atoms with Crippen LogP contribution in [0.15, 0.2) is 30.3 Å². The average molecular weight is 290 g/mol. The van der Waals surface area contributed by atoms with Crippen LogP contribution >= 0.6 is 0 Å². The van der Waals surface area contributed by atoms with E-state index in [-0.39, 0.29) is 18.6 Å². The summed E-state index contributed by atoms with van der Waals surface area (Å²) in [4.78, 5) is 14.6. The van der Waals surface area contributed by atoms with E-state index in [4.69, 9.17) is 0 Å². The van der Waals surface area contributed by atoms with Crippen LogP contribution in [0.3, 0.4) is 0 Å². The number of aliphatic hydroxyl groups is 1. The van der Waals surface area contributed by atoms with Crippen LogP contribution < -0.4 is 5.32 Å². The molecule has 0 aliphatic heterocycles. The van der Waals surface area contributed by atoms with Crippen LogP contribution in [0, 0.1) is 0 Å². The van der Waals surface area contributed by atoms with Gasteiger partial charge in [0.1, 0.15) is 0 Å². The van der Waals surface area contributed by atoms with Gasteiger partial charge in [-0.15, -0.1) is 0 Å². The number of amides is 1. The molecule has 0 saturated heterocycles. The highest BCUT2D eigenvalue weighted by Gasteiger charge is 2.28. The van der Waals surface area contributed by atoms with Gasteiger partial charge in [0.2, 0.25) is 5.91 Å². The maximum Gasteiger partial charge on any atom is 0.241 e. The molecule has 0 spiro atoms. The lowest BCUT2D eigenvalue weighted by molar-refractivity contribution is -0.122. The highest BCUT2D eigenvalue weighted by molar-refractivity contribution is 5.94. The maximum absolute atomic E-state index is 12.4. The van der Waals surface area contributed by atoms with E-state index < -0.39 is 0 Å². The summed E-state index contributed by atoms with van der Waals surface area (Å²) in [6, 6.07) is 9.73. The summed E-state index contributed by atoms with van der Waals surface area (Å²) in [5.41, 5.74) is 0.821. The van der Waals surface area contributed by atoms with Gasteiger partial charge in [0.05, 0.1) is 12.6 Å². The Hall–Kier alpha value is -1.39. The smallest absolute Gasteiger partial charge is 0.241 e. The van der Waals surface area contributed by atoms with Crippen molar-refractivity contribution in [2.45, 2.75) is 51.1 Å². The predicted octanol–water partition coefficient (Wildman–Crippen LogP) is 2.64. The van der Waals surface area contributed by atoms with Crippen LogP contribution in [0.1, 0.15) is 39.0 Å². The highest BCUT2D eigenvalue weighted by Crippen LogP contribution is 2.24. The third kappa shape index (κ3) is 4.55. The number of carbonyl (C=O) groups excluding carboxylic acids is 1.